The lowest BCUT2D eigenvalue weighted by atomic mass is 9.76. The number of guanidine groups is 1. The molecule has 1 saturated heterocycles. The van der Waals surface area contributed by atoms with Crippen molar-refractivity contribution in [2.24, 2.45) is 5.92 Å². The van der Waals surface area contributed by atoms with E-state index in [1.54, 1.807) is 60.3 Å². The van der Waals surface area contributed by atoms with E-state index in [0.29, 0.717) is 30.5 Å². The van der Waals surface area contributed by atoms with Gasteiger partial charge in [-0.2, -0.15) is 10.1 Å². The lowest BCUT2D eigenvalue weighted by Gasteiger charge is -2.44. The minimum atomic E-state index is -1.25. The van der Waals surface area contributed by atoms with Crippen LogP contribution in [0.1, 0.15) is 12.0 Å². The third kappa shape index (κ3) is 4.56. The molecular formula is C23H25FN6O3. The van der Waals surface area contributed by atoms with Crippen molar-refractivity contribution in [3.8, 4) is 17.4 Å². The van der Waals surface area contributed by atoms with Gasteiger partial charge in [0.1, 0.15) is 23.4 Å². The SMILES string of the molecule is CN(C)C(=N)NC1(c2cc(Oc3cccc(-n4cccn4)n3)ccc2F)COCCC1C=O. The van der Waals surface area contributed by atoms with E-state index in [2.05, 4.69) is 15.4 Å². The van der Waals surface area contributed by atoms with Crippen LogP contribution in [-0.4, -0.2) is 59.2 Å². The third-order valence-corrected chi connectivity index (χ3v) is 5.58. The van der Waals surface area contributed by atoms with Crippen LogP contribution in [-0.2, 0) is 15.1 Å². The summed E-state index contributed by atoms with van der Waals surface area (Å²) >= 11 is 0. The molecule has 1 aliphatic heterocycles. The first-order valence-corrected chi connectivity index (χ1v) is 10.4. The summed E-state index contributed by atoms with van der Waals surface area (Å²) in [6, 6.07) is 11.3. The van der Waals surface area contributed by atoms with Gasteiger partial charge in [0.05, 0.1) is 6.61 Å². The van der Waals surface area contributed by atoms with Gasteiger partial charge < -0.3 is 24.5 Å². The molecule has 1 fully saturated rings. The van der Waals surface area contributed by atoms with Crippen LogP contribution in [0.15, 0.2) is 54.9 Å². The second-order valence-corrected chi connectivity index (χ2v) is 7.95. The number of nitrogens with one attached hydrogen (secondary N) is 2. The van der Waals surface area contributed by atoms with E-state index in [4.69, 9.17) is 14.9 Å². The molecule has 172 valence electrons. The van der Waals surface area contributed by atoms with Gasteiger partial charge in [0.15, 0.2) is 11.8 Å². The zero-order chi connectivity index (χ0) is 23.4. The topological polar surface area (TPSA) is 105 Å². The largest absolute Gasteiger partial charge is 0.439 e. The average Bonchev–Trinajstić information content (AvgIpc) is 3.36. The second kappa shape index (κ2) is 9.37. The van der Waals surface area contributed by atoms with Crippen LogP contribution in [0.25, 0.3) is 5.82 Å². The highest BCUT2D eigenvalue weighted by atomic mass is 19.1. The Kier molecular flexibility index (Phi) is 6.36. The molecule has 0 amide bonds. The number of hydrogen-bond acceptors (Lipinski definition) is 6. The van der Waals surface area contributed by atoms with Crippen molar-refractivity contribution in [2.45, 2.75) is 12.0 Å². The summed E-state index contributed by atoms with van der Waals surface area (Å²) in [7, 11) is 3.38. The summed E-state index contributed by atoms with van der Waals surface area (Å²) < 4.78 is 28.4. The number of aldehydes is 1. The van der Waals surface area contributed by atoms with Crippen molar-refractivity contribution >= 4 is 12.2 Å². The van der Waals surface area contributed by atoms with Crippen molar-refractivity contribution < 1.29 is 18.7 Å². The van der Waals surface area contributed by atoms with E-state index in [0.717, 1.165) is 6.29 Å². The highest BCUT2D eigenvalue weighted by Gasteiger charge is 2.46. The first-order valence-electron chi connectivity index (χ1n) is 10.4. The highest BCUT2D eigenvalue weighted by Crippen LogP contribution is 2.38. The molecule has 10 heteroatoms. The highest BCUT2D eigenvalue weighted by molar-refractivity contribution is 5.78. The van der Waals surface area contributed by atoms with Gasteiger partial charge in [-0.15, -0.1) is 0 Å². The molecule has 2 unspecified atom stereocenters. The van der Waals surface area contributed by atoms with E-state index >= 15 is 4.39 Å². The molecule has 0 radical (unpaired) electrons. The number of halogens is 1. The normalized spacial score (nSPS) is 20.2. The maximum absolute atomic E-state index is 15.2. The lowest BCUT2D eigenvalue weighted by Crippen LogP contribution is -2.59. The van der Waals surface area contributed by atoms with E-state index in [9.17, 15) is 4.79 Å². The fourth-order valence-electron chi connectivity index (χ4n) is 3.80. The molecule has 1 aromatic carbocycles. The molecule has 1 aliphatic rings. The number of pyridine rings is 1. The van der Waals surface area contributed by atoms with Crippen LogP contribution in [0.2, 0.25) is 0 Å². The van der Waals surface area contributed by atoms with Gasteiger partial charge in [0.2, 0.25) is 5.88 Å². The molecule has 2 N–H and O–H groups in total. The average molecular weight is 452 g/mol. The monoisotopic (exact) mass is 452 g/mol. The van der Waals surface area contributed by atoms with Crippen molar-refractivity contribution in [3.05, 3.63) is 66.2 Å². The summed E-state index contributed by atoms with van der Waals surface area (Å²) in [5.41, 5.74) is -1.07. The van der Waals surface area contributed by atoms with Crippen LogP contribution in [0.4, 0.5) is 4.39 Å². The molecule has 4 rings (SSSR count). The number of ether oxygens (including phenoxy) is 2. The van der Waals surface area contributed by atoms with Gasteiger partial charge in [-0.05, 0) is 36.8 Å². The van der Waals surface area contributed by atoms with Crippen LogP contribution >= 0.6 is 0 Å². The number of carbonyl (C=O) groups excluding carboxylic acids is 1. The minimum absolute atomic E-state index is 0.0278. The van der Waals surface area contributed by atoms with Gasteiger partial charge in [0.25, 0.3) is 0 Å². The summed E-state index contributed by atoms with van der Waals surface area (Å²) in [6.07, 6.45) is 4.60. The number of carbonyl (C=O) groups is 1. The molecule has 0 spiro atoms. The number of hydrogen-bond donors (Lipinski definition) is 2. The number of aromatic nitrogens is 3. The van der Waals surface area contributed by atoms with Crippen LogP contribution < -0.4 is 10.1 Å². The summed E-state index contributed by atoms with van der Waals surface area (Å²) in [4.78, 5) is 18.0. The molecule has 9 nitrogen and oxygen atoms in total. The maximum atomic E-state index is 15.2. The number of nitrogens with zero attached hydrogens (tertiary/aromatic N) is 4. The van der Waals surface area contributed by atoms with Gasteiger partial charge >= 0.3 is 0 Å². The van der Waals surface area contributed by atoms with Crippen LogP contribution in [0.5, 0.6) is 11.6 Å². The fraction of sp³-hybridized carbons (Fsp3) is 0.304. The van der Waals surface area contributed by atoms with Gasteiger partial charge in [-0.3, -0.25) is 5.41 Å². The van der Waals surface area contributed by atoms with E-state index < -0.39 is 17.3 Å². The number of rotatable bonds is 6. The van der Waals surface area contributed by atoms with Crippen LogP contribution in [0.3, 0.4) is 0 Å². The molecule has 0 aliphatic carbocycles. The Morgan fingerprint density at radius 2 is 2.21 bits per heavy atom. The molecular weight excluding hydrogens is 427 g/mol. The van der Waals surface area contributed by atoms with E-state index in [1.165, 1.54) is 18.2 Å². The standard InChI is InChI=1S/C23H25FN6O3/c1-29(2)22(25)28-23(15-32-12-9-16(23)14-31)18-13-17(7-8-19(18)24)33-21-6-3-5-20(27-21)30-11-4-10-26-30/h3-8,10-11,13-14,16H,9,12,15H2,1-2H3,(H2,25,28). The summed E-state index contributed by atoms with van der Waals surface area (Å²) in [5, 5.41) is 15.5. The second-order valence-electron chi connectivity index (χ2n) is 7.95. The van der Waals surface area contributed by atoms with Gasteiger partial charge in [0, 0.05) is 50.6 Å². The predicted molar refractivity (Wildman–Crippen MR) is 119 cm³/mol. The Morgan fingerprint density at radius 3 is 2.94 bits per heavy atom. The van der Waals surface area contributed by atoms with E-state index in [-0.39, 0.29) is 18.1 Å². The van der Waals surface area contributed by atoms with Crippen molar-refractivity contribution in [1.82, 2.24) is 25.0 Å². The van der Waals surface area contributed by atoms with Crippen LogP contribution in [0, 0.1) is 17.1 Å². The molecule has 0 bridgehead atoms. The molecule has 3 heterocycles. The smallest absolute Gasteiger partial charge is 0.221 e. The van der Waals surface area contributed by atoms with Gasteiger partial charge in [-0.1, -0.05) is 6.07 Å². The maximum Gasteiger partial charge on any atom is 0.221 e. The zero-order valence-electron chi connectivity index (χ0n) is 18.4. The van der Waals surface area contributed by atoms with Crippen molar-refractivity contribution in [2.75, 3.05) is 27.3 Å². The quantitative estimate of drug-likeness (QED) is 0.337. The first kappa shape index (κ1) is 22.4. The zero-order valence-corrected chi connectivity index (χ0v) is 18.4. The minimum Gasteiger partial charge on any atom is -0.439 e. The Morgan fingerprint density at radius 1 is 1.36 bits per heavy atom. The van der Waals surface area contributed by atoms with E-state index in [1.807, 2.05) is 0 Å². The predicted octanol–water partition coefficient (Wildman–Crippen LogP) is 2.72. The Bertz CT molecular complexity index is 1140. The molecule has 2 atom stereocenters. The van der Waals surface area contributed by atoms with Gasteiger partial charge in [-0.25, -0.2) is 9.07 Å². The van der Waals surface area contributed by atoms with Crippen molar-refractivity contribution in [1.29, 1.82) is 5.41 Å². The molecule has 2 aromatic heterocycles. The third-order valence-electron chi connectivity index (χ3n) is 5.58. The van der Waals surface area contributed by atoms with Crippen molar-refractivity contribution in [3.63, 3.8) is 0 Å². The number of benzene rings is 1. The summed E-state index contributed by atoms with van der Waals surface area (Å²) in [6.45, 7) is 0.407. The summed E-state index contributed by atoms with van der Waals surface area (Å²) in [5.74, 6) is 0.111. The molecule has 33 heavy (non-hydrogen) atoms. The lowest BCUT2D eigenvalue weighted by molar-refractivity contribution is -0.119. The first-order chi connectivity index (χ1) is 15.9. The Balaban J connectivity index is 1.71. The molecule has 0 saturated carbocycles. The Labute approximate surface area is 190 Å². The molecule has 3 aromatic rings. The fourth-order valence-corrected chi connectivity index (χ4v) is 3.80. The Hall–Kier alpha value is -3.79.